The van der Waals surface area contributed by atoms with Crippen molar-refractivity contribution >= 4 is 18.3 Å². The minimum absolute atomic E-state index is 0. The highest BCUT2D eigenvalue weighted by Crippen LogP contribution is 2.24. The van der Waals surface area contributed by atoms with Crippen LogP contribution >= 0.6 is 12.4 Å². The number of amides is 1. The van der Waals surface area contributed by atoms with E-state index in [9.17, 15) is 4.79 Å². The van der Waals surface area contributed by atoms with Gasteiger partial charge in [-0.1, -0.05) is 18.2 Å². The van der Waals surface area contributed by atoms with Gasteiger partial charge in [0.1, 0.15) is 0 Å². The molecule has 0 aromatic heterocycles. The number of aryl methyl sites for hydroxylation is 2. The number of hydrogen-bond acceptors (Lipinski definition) is 2. The summed E-state index contributed by atoms with van der Waals surface area (Å²) in [5.41, 5.74) is 4.18. The first-order valence-electron chi connectivity index (χ1n) is 7.26. The van der Waals surface area contributed by atoms with Crippen molar-refractivity contribution in [3.05, 3.63) is 34.9 Å². The Balaban J connectivity index is 0.00000200. The quantitative estimate of drug-likeness (QED) is 0.877. The monoisotopic (exact) mass is 296 g/mol. The number of halogens is 1. The number of fused-ring (bicyclic) bond motifs is 1. The van der Waals surface area contributed by atoms with Crippen LogP contribution in [0.25, 0.3) is 0 Å². The maximum atomic E-state index is 11.7. The first kappa shape index (κ1) is 17.0. The van der Waals surface area contributed by atoms with Crippen molar-refractivity contribution in [1.29, 1.82) is 0 Å². The van der Waals surface area contributed by atoms with Gasteiger partial charge >= 0.3 is 0 Å². The molecule has 3 nitrogen and oxygen atoms in total. The molecule has 2 N–H and O–H groups in total. The molecule has 1 aromatic carbocycles. The highest BCUT2D eigenvalue weighted by molar-refractivity contribution is 5.85. The third kappa shape index (κ3) is 4.50. The molecule has 20 heavy (non-hydrogen) atoms. The van der Waals surface area contributed by atoms with Crippen LogP contribution in [0.5, 0.6) is 0 Å². The Morgan fingerprint density at radius 2 is 1.95 bits per heavy atom. The summed E-state index contributed by atoms with van der Waals surface area (Å²) >= 11 is 0. The Labute approximate surface area is 127 Å². The summed E-state index contributed by atoms with van der Waals surface area (Å²) in [6.45, 7) is 2.78. The Kier molecular flexibility index (Phi) is 7.03. The predicted molar refractivity (Wildman–Crippen MR) is 85.4 cm³/mol. The Hall–Kier alpha value is -1.06. The minimum Gasteiger partial charge on any atom is -0.350 e. The van der Waals surface area contributed by atoms with E-state index in [1.807, 2.05) is 7.05 Å². The topological polar surface area (TPSA) is 41.1 Å². The molecular formula is C16H25ClN2O. The van der Waals surface area contributed by atoms with Gasteiger partial charge in [0, 0.05) is 13.0 Å². The molecule has 0 heterocycles. The van der Waals surface area contributed by atoms with Crippen molar-refractivity contribution in [2.45, 2.75) is 45.1 Å². The van der Waals surface area contributed by atoms with E-state index < -0.39 is 0 Å². The molecule has 0 fully saturated rings. The van der Waals surface area contributed by atoms with Crippen LogP contribution in [0.4, 0.5) is 0 Å². The zero-order chi connectivity index (χ0) is 13.7. The third-order valence-electron chi connectivity index (χ3n) is 3.85. The fourth-order valence-electron chi connectivity index (χ4n) is 2.66. The summed E-state index contributed by atoms with van der Waals surface area (Å²) in [7, 11) is 1.86. The largest absolute Gasteiger partial charge is 0.350 e. The van der Waals surface area contributed by atoms with E-state index in [1.165, 1.54) is 42.4 Å². The maximum absolute atomic E-state index is 11.7. The smallest absolute Gasteiger partial charge is 0.221 e. The molecule has 2 rings (SSSR count). The van der Waals surface area contributed by atoms with Gasteiger partial charge in [-0.25, -0.2) is 0 Å². The summed E-state index contributed by atoms with van der Waals surface area (Å²) in [6, 6.07) is 6.77. The van der Waals surface area contributed by atoms with Crippen LogP contribution in [0.1, 0.15) is 48.9 Å². The molecule has 0 spiro atoms. The van der Waals surface area contributed by atoms with Crippen molar-refractivity contribution in [1.82, 2.24) is 10.6 Å². The Morgan fingerprint density at radius 3 is 2.65 bits per heavy atom. The van der Waals surface area contributed by atoms with E-state index in [2.05, 4.69) is 35.8 Å². The second-order valence-electron chi connectivity index (χ2n) is 5.38. The zero-order valence-electron chi connectivity index (χ0n) is 12.4. The SMILES string of the molecule is CNCCC(=O)NC(C)c1ccc2c(c1)CCCC2.Cl. The standard InChI is InChI=1S/C16H24N2O.ClH/c1-12(18-16(19)9-10-17-2)14-8-7-13-5-3-4-6-15(13)11-14;/h7-8,11-12,17H,3-6,9-10H2,1-2H3,(H,18,19);1H. The van der Waals surface area contributed by atoms with Crippen LogP contribution in [0.2, 0.25) is 0 Å². The van der Waals surface area contributed by atoms with Gasteiger partial charge in [0.05, 0.1) is 6.04 Å². The molecule has 1 aliphatic rings. The molecule has 0 aliphatic heterocycles. The first-order chi connectivity index (χ1) is 9.20. The Bertz CT molecular complexity index is 448. The van der Waals surface area contributed by atoms with Gasteiger partial charge in [-0.3, -0.25) is 4.79 Å². The van der Waals surface area contributed by atoms with Crippen molar-refractivity contribution in [3.8, 4) is 0 Å². The Morgan fingerprint density at radius 1 is 1.25 bits per heavy atom. The number of carbonyl (C=O) groups is 1. The lowest BCUT2D eigenvalue weighted by Crippen LogP contribution is -2.29. The maximum Gasteiger partial charge on any atom is 0.221 e. The molecule has 1 unspecified atom stereocenters. The van der Waals surface area contributed by atoms with Gasteiger partial charge in [0.15, 0.2) is 0 Å². The normalized spacial score (nSPS) is 14.9. The average Bonchev–Trinajstić information content (AvgIpc) is 2.44. The number of hydrogen-bond donors (Lipinski definition) is 2. The molecule has 0 radical (unpaired) electrons. The van der Waals surface area contributed by atoms with Crippen LogP contribution in [0.3, 0.4) is 0 Å². The fraction of sp³-hybridized carbons (Fsp3) is 0.562. The molecule has 1 aliphatic carbocycles. The van der Waals surface area contributed by atoms with Crippen LogP contribution in [-0.4, -0.2) is 19.5 Å². The molecule has 1 amide bonds. The van der Waals surface area contributed by atoms with Crippen LogP contribution in [0.15, 0.2) is 18.2 Å². The third-order valence-corrected chi connectivity index (χ3v) is 3.85. The lowest BCUT2D eigenvalue weighted by Gasteiger charge is -2.20. The number of nitrogens with one attached hydrogen (secondary N) is 2. The average molecular weight is 297 g/mol. The summed E-state index contributed by atoms with van der Waals surface area (Å²) in [4.78, 5) is 11.7. The van der Waals surface area contributed by atoms with Crippen LogP contribution in [-0.2, 0) is 17.6 Å². The highest BCUT2D eigenvalue weighted by atomic mass is 35.5. The second kappa shape index (κ2) is 8.28. The molecule has 4 heteroatoms. The van der Waals surface area contributed by atoms with Gasteiger partial charge in [-0.2, -0.15) is 0 Å². The highest BCUT2D eigenvalue weighted by Gasteiger charge is 2.13. The van der Waals surface area contributed by atoms with Crippen molar-refractivity contribution in [3.63, 3.8) is 0 Å². The minimum atomic E-state index is 0. The van der Waals surface area contributed by atoms with Crippen molar-refractivity contribution in [2.24, 2.45) is 0 Å². The van der Waals surface area contributed by atoms with E-state index in [1.54, 1.807) is 0 Å². The van der Waals surface area contributed by atoms with Gasteiger partial charge < -0.3 is 10.6 Å². The van der Waals surface area contributed by atoms with Gasteiger partial charge in [0.2, 0.25) is 5.91 Å². The number of rotatable bonds is 5. The van der Waals surface area contributed by atoms with E-state index in [0.29, 0.717) is 6.42 Å². The number of benzene rings is 1. The van der Waals surface area contributed by atoms with Gasteiger partial charge in [-0.15, -0.1) is 12.4 Å². The molecule has 112 valence electrons. The van der Waals surface area contributed by atoms with E-state index in [-0.39, 0.29) is 24.4 Å². The van der Waals surface area contributed by atoms with Gasteiger partial charge in [-0.05, 0) is 56.3 Å². The fourth-order valence-corrected chi connectivity index (χ4v) is 2.66. The second-order valence-corrected chi connectivity index (χ2v) is 5.38. The zero-order valence-corrected chi connectivity index (χ0v) is 13.2. The first-order valence-corrected chi connectivity index (χ1v) is 7.26. The van der Waals surface area contributed by atoms with E-state index in [4.69, 9.17) is 0 Å². The number of carbonyl (C=O) groups excluding carboxylic acids is 1. The summed E-state index contributed by atoms with van der Waals surface area (Å²) in [5, 5.41) is 6.05. The molecular weight excluding hydrogens is 272 g/mol. The van der Waals surface area contributed by atoms with E-state index >= 15 is 0 Å². The van der Waals surface area contributed by atoms with Crippen molar-refractivity contribution < 1.29 is 4.79 Å². The summed E-state index contributed by atoms with van der Waals surface area (Å²) in [6.07, 6.45) is 5.52. The van der Waals surface area contributed by atoms with Crippen LogP contribution < -0.4 is 10.6 Å². The lowest BCUT2D eigenvalue weighted by molar-refractivity contribution is -0.121. The summed E-state index contributed by atoms with van der Waals surface area (Å²) in [5.74, 6) is 0.111. The molecule has 1 aromatic rings. The predicted octanol–water partition coefficient (Wildman–Crippen LogP) is 2.77. The summed E-state index contributed by atoms with van der Waals surface area (Å²) < 4.78 is 0. The molecule has 0 saturated heterocycles. The molecule has 0 bridgehead atoms. The van der Waals surface area contributed by atoms with Crippen molar-refractivity contribution in [2.75, 3.05) is 13.6 Å². The molecule has 0 saturated carbocycles. The van der Waals surface area contributed by atoms with Crippen LogP contribution in [0, 0.1) is 0 Å². The molecule has 1 atom stereocenters. The van der Waals surface area contributed by atoms with Gasteiger partial charge in [0.25, 0.3) is 0 Å². The van der Waals surface area contributed by atoms with E-state index in [0.717, 1.165) is 6.54 Å². The lowest BCUT2D eigenvalue weighted by atomic mass is 9.89.